The lowest BCUT2D eigenvalue weighted by Crippen LogP contribution is -2.39. The van der Waals surface area contributed by atoms with E-state index in [2.05, 4.69) is 10.6 Å². The van der Waals surface area contributed by atoms with Crippen LogP contribution in [0.4, 0.5) is 0 Å². The van der Waals surface area contributed by atoms with Gasteiger partial charge in [-0.25, -0.2) is 0 Å². The third kappa shape index (κ3) is 7.42. The topological polar surface area (TPSA) is 95.5 Å². The number of nitrogens with one attached hydrogen (secondary N) is 2. The van der Waals surface area contributed by atoms with Gasteiger partial charge in [-0.3, -0.25) is 19.7 Å². The zero-order valence-electron chi connectivity index (χ0n) is 15.8. The molecule has 28 heavy (non-hydrogen) atoms. The van der Waals surface area contributed by atoms with Gasteiger partial charge in [0.1, 0.15) is 6.04 Å². The average Bonchev–Trinajstić information content (AvgIpc) is 2.73. The lowest BCUT2D eigenvalue weighted by Gasteiger charge is -2.14. The minimum atomic E-state index is -0.965. The molecule has 0 aromatic heterocycles. The molecule has 0 aliphatic rings. The summed E-state index contributed by atoms with van der Waals surface area (Å²) >= 11 is 0. The van der Waals surface area contributed by atoms with Gasteiger partial charge in [0.15, 0.2) is 11.6 Å². The molecule has 3 N–H and O–H groups in total. The van der Waals surface area contributed by atoms with E-state index in [1.807, 2.05) is 24.3 Å². The summed E-state index contributed by atoms with van der Waals surface area (Å²) in [6.07, 6.45) is 1.85. The van der Waals surface area contributed by atoms with Crippen molar-refractivity contribution in [3.63, 3.8) is 0 Å². The van der Waals surface area contributed by atoms with Crippen LogP contribution in [-0.4, -0.2) is 48.3 Å². The maximum atomic E-state index is 12.1. The Morgan fingerprint density at radius 1 is 0.786 bits per heavy atom. The molecular weight excluding hydrogens is 356 g/mol. The van der Waals surface area contributed by atoms with Crippen LogP contribution < -0.4 is 10.6 Å². The fourth-order valence-electron chi connectivity index (χ4n) is 2.78. The van der Waals surface area contributed by atoms with Crippen LogP contribution in [0.25, 0.3) is 0 Å². The maximum absolute atomic E-state index is 12.1. The Balaban J connectivity index is 1.63. The van der Waals surface area contributed by atoms with Gasteiger partial charge in [-0.15, -0.1) is 0 Å². The maximum Gasteiger partial charge on any atom is 0.320 e. The summed E-state index contributed by atoms with van der Waals surface area (Å²) in [6.45, 7) is 0.884. The minimum absolute atomic E-state index is 0.00912. The minimum Gasteiger partial charge on any atom is -0.480 e. The van der Waals surface area contributed by atoms with Crippen molar-refractivity contribution in [2.75, 3.05) is 19.6 Å². The highest BCUT2D eigenvalue weighted by Crippen LogP contribution is 2.04. The van der Waals surface area contributed by atoms with E-state index in [0.29, 0.717) is 30.5 Å². The highest BCUT2D eigenvalue weighted by molar-refractivity contribution is 5.98. The summed E-state index contributed by atoms with van der Waals surface area (Å²) in [6, 6.07) is 17.1. The van der Waals surface area contributed by atoms with Gasteiger partial charge in [0.2, 0.25) is 0 Å². The molecule has 2 aromatic carbocycles. The molecule has 1 unspecified atom stereocenters. The van der Waals surface area contributed by atoms with Crippen LogP contribution in [0.5, 0.6) is 0 Å². The molecule has 6 nitrogen and oxygen atoms in total. The molecule has 0 spiro atoms. The number of carbonyl (C=O) groups excluding carboxylic acids is 2. The van der Waals surface area contributed by atoms with Crippen LogP contribution in [0.2, 0.25) is 0 Å². The van der Waals surface area contributed by atoms with E-state index in [4.69, 9.17) is 0 Å². The molecule has 0 aliphatic heterocycles. The predicted molar refractivity (Wildman–Crippen MR) is 108 cm³/mol. The number of Topliss-reactive ketones (excluding diaryl/α,β-unsaturated/α-hetero) is 2. The molecule has 0 radical (unpaired) electrons. The van der Waals surface area contributed by atoms with E-state index >= 15 is 0 Å². The number of carboxylic acids is 1. The number of benzene rings is 2. The van der Waals surface area contributed by atoms with Crippen molar-refractivity contribution in [2.24, 2.45) is 0 Å². The molecule has 2 aromatic rings. The monoisotopic (exact) mass is 382 g/mol. The molecular formula is C22H26N2O4. The first kappa shape index (κ1) is 21.5. The average molecular weight is 382 g/mol. The summed E-state index contributed by atoms with van der Waals surface area (Å²) in [7, 11) is 0. The lowest BCUT2D eigenvalue weighted by atomic mass is 10.1. The lowest BCUT2D eigenvalue weighted by molar-refractivity contribution is -0.139. The van der Waals surface area contributed by atoms with Crippen molar-refractivity contribution in [1.29, 1.82) is 0 Å². The molecule has 1 atom stereocenters. The van der Waals surface area contributed by atoms with Gasteiger partial charge < -0.3 is 10.4 Å². The van der Waals surface area contributed by atoms with Gasteiger partial charge in [0.25, 0.3) is 0 Å². The molecule has 0 bridgehead atoms. The van der Waals surface area contributed by atoms with E-state index in [1.165, 1.54) is 0 Å². The quantitative estimate of drug-likeness (QED) is 0.364. The van der Waals surface area contributed by atoms with Crippen molar-refractivity contribution in [3.8, 4) is 0 Å². The van der Waals surface area contributed by atoms with E-state index in [9.17, 15) is 19.5 Å². The van der Waals surface area contributed by atoms with E-state index in [-0.39, 0.29) is 24.7 Å². The Kier molecular flexibility index (Phi) is 9.04. The summed E-state index contributed by atoms with van der Waals surface area (Å²) in [5, 5.41) is 15.2. The summed E-state index contributed by atoms with van der Waals surface area (Å²) in [5.41, 5.74) is 1.24. The summed E-state index contributed by atoms with van der Waals surface area (Å²) < 4.78 is 0. The van der Waals surface area contributed by atoms with Gasteiger partial charge in [0.05, 0.1) is 13.1 Å². The molecule has 6 heteroatoms. The zero-order chi connectivity index (χ0) is 20.2. The summed E-state index contributed by atoms with van der Waals surface area (Å²) in [5.74, 6) is -1.06. The van der Waals surface area contributed by atoms with Gasteiger partial charge >= 0.3 is 5.97 Å². The van der Waals surface area contributed by atoms with Gasteiger partial charge in [-0.05, 0) is 19.4 Å². The first-order valence-electron chi connectivity index (χ1n) is 9.41. The Morgan fingerprint density at radius 3 is 1.86 bits per heavy atom. The Hall–Kier alpha value is -2.83. The van der Waals surface area contributed by atoms with Crippen LogP contribution in [0, 0.1) is 0 Å². The largest absolute Gasteiger partial charge is 0.480 e. The third-order valence-electron chi connectivity index (χ3n) is 4.38. The van der Waals surface area contributed by atoms with E-state index in [1.54, 1.807) is 36.4 Å². The smallest absolute Gasteiger partial charge is 0.320 e. The normalized spacial score (nSPS) is 11.7. The number of aliphatic carboxylic acids is 1. The molecule has 0 heterocycles. The van der Waals surface area contributed by atoms with Gasteiger partial charge in [-0.1, -0.05) is 67.1 Å². The number of carbonyl (C=O) groups is 3. The van der Waals surface area contributed by atoms with Crippen LogP contribution in [0.15, 0.2) is 60.7 Å². The van der Waals surface area contributed by atoms with Crippen molar-refractivity contribution in [1.82, 2.24) is 10.6 Å². The van der Waals surface area contributed by atoms with Crippen LogP contribution in [0.1, 0.15) is 40.0 Å². The van der Waals surface area contributed by atoms with Crippen molar-refractivity contribution < 1.29 is 19.5 Å². The number of unbranched alkanes of at least 4 members (excludes halogenated alkanes) is 1. The molecule has 0 fully saturated rings. The summed E-state index contributed by atoms with van der Waals surface area (Å²) in [4.78, 5) is 35.4. The molecule has 0 saturated carbocycles. The Morgan fingerprint density at radius 2 is 1.32 bits per heavy atom. The second-order valence-corrected chi connectivity index (χ2v) is 6.52. The fourth-order valence-corrected chi connectivity index (χ4v) is 2.78. The van der Waals surface area contributed by atoms with Gasteiger partial charge in [-0.2, -0.15) is 0 Å². The highest BCUT2D eigenvalue weighted by atomic mass is 16.4. The zero-order valence-corrected chi connectivity index (χ0v) is 15.8. The highest BCUT2D eigenvalue weighted by Gasteiger charge is 2.18. The predicted octanol–water partition coefficient (Wildman–Crippen LogP) is 2.55. The van der Waals surface area contributed by atoms with Crippen molar-refractivity contribution in [2.45, 2.75) is 25.3 Å². The first-order chi connectivity index (χ1) is 13.6. The molecule has 0 aliphatic carbocycles. The number of rotatable bonds is 13. The third-order valence-corrected chi connectivity index (χ3v) is 4.38. The number of ketones is 2. The number of hydrogen-bond donors (Lipinski definition) is 3. The molecule has 2 rings (SSSR count). The van der Waals surface area contributed by atoms with Crippen LogP contribution in [-0.2, 0) is 4.79 Å². The van der Waals surface area contributed by atoms with Crippen LogP contribution in [0.3, 0.4) is 0 Å². The first-order valence-corrected chi connectivity index (χ1v) is 9.41. The number of hydrogen-bond acceptors (Lipinski definition) is 5. The van der Waals surface area contributed by atoms with Crippen LogP contribution >= 0.6 is 0 Å². The van der Waals surface area contributed by atoms with E-state index in [0.717, 1.165) is 6.42 Å². The molecule has 0 amide bonds. The molecule has 148 valence electrons. The SMILES string of the molecule is O=C(CNCCCCC(NCC(=O)c1ccccc1)C(=O)O)c1ccccc1. The number of carboxylic acid groups (broad SMARTS) is 1. The Labute approximate surface area is 165 Å². The second-order valence-electron chi connectivity index (χ2n) is 6.52. The Bertz CT molecular complexity index is 763. The second kappa shape index (κ2) is 11.8. The van der Waals surface area contributed by atoms with E-state index < -0.39 is 12.0 Å². The standard InChI is InChI=1S/C22H26N2O4/c25-20(17-9-3-1-4-10-17)15-23-14-8-7-13-19(22(27)28)24-16-21(26)18-11-5-2-6-12-18/h1-6,9-12,19,23-24H,7-8,13-16H2,(H,27,28). The van der Waals surface area contributed by atoms with Gasteiger partial charge in [0, 0.05) is 11.1 Å². The fraction of sp³-hybridized carbons (Fsp3) is 0.318. The van der Waals surface area contributed by atoms with Crippen molar-refractivity contribution >= 4 is 17.5 Å². The molecule has 0 saturated heterocycles. The van der Waals surface area contributed by atoms with Crippen molar-refractivity contribution in [3.05, 3.63) is 71.8 Å².